The molecule has 0 atom stereocenters. The highest BCUT2D eigenvalue weighted by molar-refractivity contribution is 5.28. The van der Waals surface area contributed by atoms with Gasteiger partial charge in [-0.2, -0.15) is 0 Å². The lowest BCUT2D eigenvalue weighted by molar-refractivity contribution is 0.336. The molecule has 0 saturated carbocycles. The highest BCUT2D eigenvalue weighted by Gasteiger charge is 2.05. The molecule has 1 aromatic heterocycles. The van der Waals surface area contributed by atoms with Crippen LogP contribution in [0.1, 0.15) is 26.0 Å². The van der Waals surface area contributed by atoms with E-state index in [0.29, 0.717) is 0 Å². The maximum Gasteiger partial charge on any atom is 0.203 e. The lowest BCUT2D eigenvalue weighted by Crippen LogP contribution is -2.23. The fourth-order valence-electron chi connectivity index (χ4n) is 1.53. The fourth-order valence-corrected chi connectivity index (χ4v) is 1.53. The summed E-state index contributed by atoms with van der Waals surface area (Å²) in [5, 5.41) is 3.36. The van der Waals surface area contributed by atoms with Crippen molar-refractivity contribution in [1.82, 2.24) is 14.5 Å². The van der Waals surface area contributed by atoms with Crippen molar-refractivity contribution in [2.24, 2.45) is 0 Å². The van der Waals surface area contributed by atoms with Crippen LogP contribution in [0.2, 0.25) is 0 Å². The first-order valence-electron chi connectivity index (χ1n) is 6.13. The molecule has 0 aliphatic carbocycles. The third kappa shape index (κ3) is 3.85. The van der Waals surface area contributed by atoms with E-state index in [9.17, 15) is 0 Å². The average molecular weight is 224 g/mol. The minimum absolute atomic E-state index is 0.986. The molecule has 0 aliphatic heterocycles. The van der Waals surface area contributed by atoms with Crippen LogP contribution in [0.3, 0.4) is 0 Å². The summed E-state index contributed by atoms with van der Waals surface area (Å²) in [5.74, 6) is 1.00. The molecule has 1 aromatic rings. The van der Waals surface area contributed by atoms with Crippen LogP contribution in [0.5, 0.6) is 0 Å². The maximum absolute atomic E-state index is 4.49. The number of nitrogens with one attached hydrogen (secondary N) is 1. The Hall–Kier alpha value is -1.03. The van der Waals surface area contributed by atoms with Crippen LogP contribution in [-0.4, -0.2) is 41.1 Å². The predicted octanol–water partition coefficient (Wildman–Crippen LogP) is 1.97. The van der Waals surface area contributed by atoms with Gasteiger partial charge in [-0.1, -0.05) is 13.8 Å². The summed E-state index contributed by atoms with van der Waals surface area (Å²) in [6.45, 7) is 10.5. The normalized spacial score (nSPS) is 11.1. The Morgan fingerprint density at radius 1 is 1.44 bits per heavy atom. The summed E-state index contributed by atoms with van der Waals surface area (Å²) in [4.78, 5) is 6.79. The molecule has 0 radical (unpaired) electrons. The molecule has 1 N–H and O–H groups in total. The number of hydrogen-bond donors (Lipinski definition) is 1. The van der Waals surface area contributed by atoms with E-state index < -0.39 is 0 Å². The van der Waals surface area contributed by atoms with E-state index in [-0.39, 0.29) is 0 Å². The predicted molar refractivity (Wildman–Crippen MR) is 68.9 cm³/mol. The second-order valence-electron chi connectivity index (χ2n) is 4.22. The zero-order valence-electron chi connectivity index (χ0n) is 11.0. The van der Waals surface area contributed by atoms with Gasteiger partial charge in [0.15, 0.2) is 0 Å². The van der Waals surface area contributed by atoms with E-state index >= 15 is 0 Å². The van der Waals surface area contributed by atoms with Crippen LogP contribution in [0.4, 0.5) is 5.95 Å². The SMILES string of the molecule is CCCNc1nc(C)cn1CCN(C)CC. The summed E-state index contributed by atoms with van der Waals surface area (Å²) < 4.78 is 2.21. The molecule has 0 amide bonds. The van der Waals surface area contributed by atoms with Gasteiger partial charge in [-0.15, -0.1) is 0 Å². The number of aromatic nitrogens is 2. The van der Waals surface area contributed by atoms with Crippen molar-refractivity contribution < 1.29 is 0 Å². The molecule has 0 spiro atoms. The number of imidazole rings is 1. The van der Waals surface area contributed by atoms with E-state index in [1.165, 1.54) is 0 Å². The molecule has 0 aromatic carbocycles. The van der Waals surface area contributed by atoms with Gasteiger partial charge in [-0.05, 0) is 26.9 Å². The van der Waals surface area contributed by atoms with Crippen LogP contribution >= 0.6 is 0 Å². The van der Waals surface area contributed by atoms with Crippen molar-refractivity contribution in [3.05, 3.63) is 11.9 Å². The number of aryl methyl sites for hydroxylation is 1. The monoisotopic (exact) mass is 224 g/mol. The van der Waals surface area contributed by atoms with E-state index in [1.54, 1.807) is 0 Å². The van der Waals surface area contributed by atoms with Crippen LogP contribution in [0.15, 0.2) is 6.20 Å². The first-order chi connectivity index (χ1) is 7.67. The number of rotatable bonds is 7. The van der Waals surface area contributed by atoms with Crippen molar-refractivity contribution >= 4 is 5.95 Å². The second kappa shape index (κ2) is 6.53. The Morgan fingerprint density at radius 2 is 2.19 bits per heavy atom. The first-order valence-corrected chi connectivity index (χ1v) is 6.13. The Bertz CT molecular complexity index is 306. The van der Waals surface area contributed by atoms with Gasteiger partial charge in [0.1, 0.15) is 0 Å². The number of anilines is 1. The van der Waals surface area contributed by atoms with Gasteiger partial charge in [0.2, 0.25) is 5.95 Å². The quantitative estimate of drug-likeness (QED) is 0.768. The number of hydrogen-bond acceptors (Lipinski definition) is 3. The Kier molecular flexibility index (Phi) is 5.32. The summed E-state index contributed by atoms with van der Waals surface area (Å²) in [5.41, 5.74) is 1.08. The molecule has 4 nitrogen and oxygen atoms in total. The summed E-state index contributed by atoms with van der Waals surface area (Å²) in [6.07, 6.45) is 3.24. The van der Waals surface area contributed by atoms with Crippen molar-refractivity contribution in [1.29, 1.82) is 0 Å². The van der Waals surface area contributed by atoms with Crippen molar-refractivity contribution in [2.45, 2.75) is 33.7 Å². The maximum atomic E-state index is 4.49. The van der Waals surface area contributed by atoms with Crippen LogP contribution in [-0.2, 0) is 6.54 Å². The Morgan fingerprint density at radius 3 is 2.81 bits per heavy atom. The second-order valence-corrected chi connectivity index (χ2v) is 4.22. The molecule has 1 heterocycles. The molecule has 0 unspecified atom stereocenters. The van der Waals surface area contributed by atoms with Gasteiger partial charge < -0.3 is 14.8 Å². The lowest BCUT2D eigenvalue weighted by atomic mass is 10.5. The third-order valence-electron chi connectivity index (χ3n) is 2.69. The van der Waals surface area contributed by atoms with E-state index in [4.69, 9.17) is 0 Å². The van der Waals surface area contributed by atoms with Gasteiger partial charge in [-0.25, -0.2) is 4.98 Å². The molecular weight excluding hydrogens is 200 g/mol. The van der Waals surface area contributed by atoms with E-state index in [0.717, 1.165) is 44.2 Å². The molecule has 0 aliphatic rings. The van der Waals surface area contributed by atoms with Gasteiger partial charge in [0.25, 0.3) is 0 Å². The lowest BCUT2D eigenvalue weighted by Gasteiger charge is -2.15. The fraction of sp³-hybridized carbons (Fsp3) is 0.750. The number of likely N-dealkylation sites (N-methyl/N-ethyl adjacent to an activating group) is 1. The van der Waals surface area contributed by atoms with E-state index in [1.807, 2.05) is 6.92 Å². The molecule has 1 rings (SSSR count). The van der Waals surface area contributed by atoms with Gasteiger partial charge >= 0.3 is 0 Å². The van der Waals surface area contributed by atoms with Crippen molar-refractivity contribution in [3.63, 3.8) is 0 Å². The third-order valence-corrected chi connectivity index (χ3v) is 2.69. The molecule has 0 fully saturated rings. The summed E-state index contributed by atoms with van der Waals surface area (Å²) >= 11 is 0. The van der Waals surface area contributed by atoms with Gasteiger partial charge in [0.05, 0.1) is 5.69 Å². The summed E-state index contributed by atoms with van der Waals surface area (Å²) in [7, 11) is 2.14. The van der Waals surface area contributed by atoms with Crippen LogP contribution < -0.4 is 5.32 Å². The molecule has 16 heavy (non-hydrogen) atoms. The van der Waals surface area contributed by atoms with Crippen LogP contribution in [0.25, 0.3) is 0 Å². The van der Waals surface area contributed by atoms with Crippen molar-refractivity contribution in [3.8, 4) is 0 Å². The highest BCUT2D eigenvalue weighted by atomic mass is 15.2. The summed E-state index contributed by atoms with van der Waals surface area (Å²) in [6, 6.07) is 0. The molecule has 0 bridgehead atoms. The smallest absolute Gasteiger partial charge is 0.203 e. The molecule has 4 heteroatoms. The number of nitrogens with zero attached hydrogens (tertiary/aromatic N) is 3. The van der Waals surface area contributed by atoms with Crippen LogP contribution in [0, 0.1) is 6.92 Å². The molecule has 92 valence electrons. The molecule has 0 saturated heterocycles. The van der Waals surface area contributed by atoms with Crippen molar-refractivity contribution in [2.75, 3.05) is 32.0 Å². The van der Waals surface area contributed by atoms with E-state index in [2.05, 4.69) is 46.9 Å². The zero-order valence-corrected chi connectivity index (χ0v) is 11.0. The topological polar surface area (TPSA) is 33.1 Å². The largest absolute Gasteiger partial charge is 0.356 e. The average Bonchev–Trinajstić information content (AvgIpc) is 2.63. The Labute approximate surface area is 98.7 Å². The van der Waals surface area contributed by atoms with Gasteiger partial charge in [0, 0.05) is 25.8 Å². The highest BCUT2D eigenvalue weighted by Crippen LogP contribution is 2.08. The van der Waals surface area contributed by atoms with Gasteiger partial charge in [-0.3, -0.25) is 0 Å². The molecular formula is C12H24N4. The Balaban J connectivity index is 2.56. The minimum atomic E-state index is 0.986. The minimum Gasteiger partial charge on any atom is -0.356 e. The standard InChI is InChI=1S/C12H24N4/c1-5-7-13-12-14-11(3)10-16(12)9-8-15(4)6-2/h10H,5-9H2,1-4H3,(H,13,14). The zero-order chi connectivity index (χ0) is 12.0. The first kappa shape index (κ1) is 13.0.